The van der Waals surface area contributed by atoms with E-state index in [0.29, 0.717) is 0 Å². The molecule has 0 radical (unpaired) electrons. The summed E-state index contributed by atoms with van der Waals surface area (Å²) in [5, 5.41) is 13.4. The molecular formula is C14H30N4. The Kier molecular flexibility index (Phi) is 11.3. The van der Waals surface area contributed by atoms with Crippen LogP contribution in [0.4, 0.5) is 0 Å². The van der Waals surface area contributed by atoms with Gasteiger partial charge in [-0.15, -0.1) is 0 Å². The summed E-state index contributed by atoms with van der Waals surface area (Å²) >= 11 is 0. The first kappa shape index (κ1) is 16.7. The Balaban J connectivity index is 3.88. The summed E-state index contributed by atoms with van der Waals surface area (Å²) in [7, 11) is 0. The minimum Gasteiger partial charge on any atom is -0.372 e. The average Bonchev–Trinajstić information content (AvgIpc) is 2.35. The summed E-state index contributed by atoms with van der Waals surface area (Å²) in [6, 6.07) is 0. The molecule has 4 N–H and O–H groups in total. The fraction of sp³-hybridized carbons (Fsp3) is 0.714. The Morgan fingerprint density at radius 1 is 0.667 bits per heavy atom. The number of rotatable bonds is 11. The van der Waals surface area contributed by atoms with Crippen molar-refractivity contribution < 1.29 is 0 Å². The first-order valence-electron chi connectivity index (χ1n) is 7.14. The van der Waals surface area contributed by atoms with Gasteiger partial charge in [0.05, 0.1) is 11.6 Å². The number of nitrogens with one attached hydrogen (secondary N) is 4. The molecule has 0 amide bonds. The van der Waals surface area contributed by atoms with Gasteiger partial charge in [-0.3, -0.25) is 0 Å². The first-order chi connectivity index (χ1) is 8.78. The molecule has 4 heteroatoms. The summed E-state index contributed by atoms with van der Waals surface area (Å²) in [5.74, 6) is 2.26. The average molecular weight is 254 g/mol. The Morgan fingerprint density at radius 3 is 1.33 bits per heavy atom. The molecule has 0 atom stereocenters. The minimum atomic E-state index is 0.908. The summed E-state index contributed by atoms with van der Waals surface area (Å²) in [6.45, 7) is 12.2. The van der Waals surface area contributed by atoms with Crippen molar-refractivity contribution in [3.8, 4) is 0 Å². The highest BCUT2D eigenvalue weighted by Crippen LogP contribution is 1.88. The van der Waals surface area contributed by atoms with Crippen molar-refractivity contribution >= 4 is 0 Å². The van der Waals surface area contributed by atoms with E-state index in [1.54, 1.807) is 0 Å². The maximum atomic E-state index is 3.39. The zero-order valence-electron chi connectivity index (χ0n) is 12.4. The SMILES string of the molecule is CC/C=C(\NCC)NCCN/C(=C/CC)NCC. The normalized spacial score (nSPS) is 12.2. The molecule has 0 bridgehead atoms. The minimum absolute atomic E-state index is 0.908. The molecule has 0 aromatic carbocycles. The fourth-order valence-corrected chi connectivity index (χ4v) is 1.60. The molecule has 106 valence electrons. The number of hydrogen-bond donors (Lipinski definition) is 4. The van der Waals surface area contributed by atoms with Gasteiger partial charge >= 0.3 is 0 Å². The molecule has 18 heavy (non-hydrogen) atoms. The lowest BCUT2D eigenvalue weighted by molar-refractivity contribution is 0.634. The molecule has 0 heterocycles. The Hall–Kier alpha value is -1.32. The zero-order valence-corrected chi connectivity index (χ0v) is 12.4. The molecule has 0 aliphatic heterocycles. The van der Waals surface area contributed by atoms with Crippen molar-refractivity contribution in [2.75, 3.05) is 26.2 Å². The van der Waals surface area contributed by atoms with E-state index >= 15 is 0 Å². The molecule has 0 saturated carbocycles. The van der Waals surface area contributed by atoms with Crippen molar-refractivity contribution in [1.82, 2.24) is 21.3 Å². The summed E-state index contributed by atoms with van der Waals surface area (Å²) in [4.78, 5) is 0. The van der Waals surface area contributed by atoms with Gasteiger partial charge in [0.2, 0.25) is 0 Å². The maximum absolute atomic E-state index is 3.39. The molecule has 0 saturated heterocycles. The van der Waals surface area contributed by atoms with Gasteiger partial charge in [-0.2, -0.15) is 0 Å². The van der Waals surface area contributed by atoms with Crippen LogP contribution in [0.2, 0.25) is 0 Å². The Morgan fingerprint density at radius 2 is 1.06 bits per heavy atom. The lowest BCUT2D eigenvalue weighted by Gasteiger charge is -2.15. The highest BCUT2D eigenvalue weighted by atomic mass is 15.1. The van der Waals surface area contributed by atoms with Crippen molar-refractivity contribution in [2.24, 2.45) is 0 Å². The van der Waals surface area contributed by atoms with Crippen molar-refractivity contribution in [1.29, 1.82) is 0 Å². The zero-order chi connectivity index (χ0) is 13.6. The second kappa shape index (κ2) is 12.1. The molecule has 0 fully saturated rings. The van der Waals surface area contributed by atoms with Crippen LogP contribution in [0.1, 0.15) is 40.5 Å². The van der Waals surface area contributed by atoms with Crippen LogP contribution in [0.5, 0.6) is 0 Å². The third kappa shape index (κ3) is 8.79. The lowest BCUT2D eigenvalue weighted by Crippen LogP contribution is -2.35. The number of hydrogen-bond acceptors (Lipinski definition) is 4. The van der Waals surface area contributed by atoms with Gasteiger partial charge in [-0.05, 0) is 38.8 Å². The van der Waals surface area contributed by atoms with E-state index in [0.717, 1.165) is 50.7 Å². The lowest BCUT2D eigenvalue weighted by atomic mass is 10.4. The third-order valence-electron chi connectivity index (χ3n) is 2.31. The van der Waals surface area contributed by atoms with Gasteiger partial charge in [-0.25, -0.2) is 0 Å². The van der Waals surface area contributed by atoms with Crippen LogP contribution in [0, 0.1) is 0 Å². The standard InChI is InChI=1S/C14H30N4/c1-5-9-13(15-7-3)17-11-12-18-14(10-6-2)16-8-4/h9-10,15-18H,5-8,11-12H2,1-4H3/b13-9+,14-10+. The van der Waals surface area contributed by atoms with E-state index in [-0.39, 0.29) is 0 Å². The van der Waals surface area contributed by atoms with Crippen LogP contribution in [0.15, 0.2) is 23.8 Å². The van der Waals surface area contributed by atoms with Crippen LogP contribution in [0.3, 0.4) is 0 Å². The highest BCUT2D eigenvalue weighted by Gasteiger charge is 1.95. The van der Waals surface area contributed by atoms with Crippen molar-refractivity contribution in [3.63, 3.8) is 0 Å². The van der Waals surface area contributed by atoms with Crippen molar-refractivity contribution in [2.45, 2.75) is 40.5 Å². The van der Waals surface area contributed by atoms with E-state index in [2.05, 4.69) is 61.1 Å². The van der Waals surface area contributed by atoms with Gasteiger partial charge in [0.15, 0.2) is 0 Å². The van der Waals surface area contributed by atoms with E-state index in [4.69, 9.17) is 0 Å². The molecule has 0 aliphatic rings. The van der Waals surface area contributed by atoms with E-state index in [9.17, 15) is 0 Å². The third-order valence-corrected chi connectivity index (χ3v) is 2.31. The van der Waals surface area contributed by atoms with E-state index in [1.807, 2.05) is 0 Å². The smallest absolute Gasteiger partial charge is 0.0945 e. The molecule has 4 nitrogen and oxygen atoms in total. The molecule has 0 aromatic heterocycles. The maximum Gasteiger partial charge on any atom is 0.0945 e. The van der Waals surface area contributed by atoms with Gasteiger partial charge < -0.3 is 21.3 Å². The summed E-state index contributed by atoms with van der Waals surface area (Å²) in [6.07, 6.45) is 6.44. The summed E-state index contributed by atoms with van der Waals surface area (Å²) in [5.41, 5.74) is 0. The van der Waals surface area contributed by atoms with Gasteiger partial charge in [0, 0.05) is 26.2 Å². The Labute approximate surface area is 112 Å². The molecular weight excluding hydrogens is 224 g/mol. The van der Waals surface area contributed by atoms with Gasteiger partial charge in [-0.1, -0.05) is 13.8 Å². The second-order valence-corrected chi connectivity index (χ2v) is 3.97. The highest BCUT2D eigenvalue weighted by molar-refractivity contribution is 4.98. The van der Waals surface area contributed by atoms with Crippen LogP contribution in [0.25, 0.3) is 0 Å². The topological polar surface area (TPSA) is 48.1 Å². The van der Waals surface area contributed by atoms with Gasteiger partial charge in [0.25, 0.3) is 0 Å². The monoisotopic (exact) mass is 254 g/mol. The quantitative estimate of drug-likeness (QED) is 0.425. The van der Waals surface area contributed by atoms with E-state index in [1.165, 1.54) is 0 Å². The molecule has 0 spiro atoms. The second-order valence-electron chi connectivity index (χ2n) is 3.97. The van der Waals surface area contributed by atoms with Crippen LogP contribution >= 0.6 is 0 Å². The Bertz CT molecular complexity index is 220. The predicted octanol–water partition coefficient (Wildman–Crippen LogP) is 1.89. The van der Waals surface area contributed by atoms with Crippen LogP contribution < -0.4 is 21.3 Å². The fourth-order valence-electron chi connectivity index (χ4n) is 1.60. The number of allylic oxidation sites excluding steroid dienone is 2. The van der Waals surface area contributed by atoms with Crippen molar-refractivity contribution in [3.05, 3.63) is 23.8 Å². The molecule has 0 unspecified atom stereocenters. The largest absolute Gasteiger partial charge is 0.372 e. The molecule has 0 aromatic rings. The summed E-state index contributed by atoms with van der Waals surface area (Å²) < 4.78 is 0. The predicted molar refractivity (Wildman–Crippen MR) is 80.1 cm³/mol. The molecule has 0 aliphatic carbocycles. The van der Waals surface area contributed by atoms with Gasteiger partial charge in [0.1, 0.15) is 0 Å². The van der Waals surface area contributed by atoms with E-state index < -0.39 is 0 Å². The van der Waals surface area contributed by atoms with Crippen LogP contribution in [-0.4, -0.2) is 26.2 Å². The molecule has 0 rings (SSSR count). The first-order valence-corrected chi connectivity index (χ1v) is 7.14. The van der Waals surface area contributed by atoms with Crippen LogP contribution in [-0.2, 0) is 0 Å².